The molecule has 0 aromatic heterocycles. The van der Waals surface area contributed by atoms with E-state index in [1.54, 1.807) is 43.3 Å². The molecule has 1 aromatic rings. The molecule has 98 valence electrons. The fourth-order valence-corrected chi connectivity index (χ4v) is 4.06. The van der Waals surface area contributed by atoms with E-state index in [4.69, 9.17) is 0 Å². The average molecular weight is 266 g/mol. The van der Waals surface area contributed by atoms with E-state index in [-0.39, 0.29) is 5.92 Å². The Balaban J connectivity index is 2.44. The molecular weight excluding hydrogens is 248 g/mol. The van der Waals surface area contributed by atoms with Crippen LogP contribution in [0.25, 0.3) is 0 Å². The SMILES string of the molecule is C[C@H]1C(S(=O)(=O)c2ccccc2)=CCCC[C@@H]1O. The lowest BCUT2D eigenvalue weighted by Gasteiger charge is -2.19. The zero-order chi connectivity index (χ0) is 13.2. The summed E-state index contributed by atoms with van der Waals surface area (Å²) in [5.41, 5.74) is 0. The second kappa shape index (κ2) is 5.24. The monoisotopic (exact) mass is 266 g/mol. The smallest absolute Gasteiger partial charge is 0.202 e. The third-order valence-corrected chi connectivity index (χ3v) is 5.49. The van der Waals surface area contributed by atoms with Gasteiger partial charge in [0.05, 0.1) is 15.9 Å². The molecule has 1 aliphatic rings. The van der Waals surface area contributed by atoms with E-state index in [9.17, 15) is 13.5 Å². The van der Waals surface area contributed by atoms with E-state index in [0.29, 0.717) is 22.6 Å². The Kier molecular flexibility index (Phi) is 3.88. The van der Waals surface area contributed by atoms with Gasteiger partial charge in [0.1, 0.15) is 0 Å². The molecule has 1 N–H and O–H groups in total. The average Bonchev–Trinajstić information content (AvgIpc) is 2.54. The zero-order valence-electron chi connectivity index (χ0n) is 10.4. The molecular formula is C14H18O3S. The van der Waals surface area contributed by atoms with Crippen LogP contribution in [0.1, 0.15) is 26.2 Å². The summed E-state index contributed by atoms with van der Waals surface area (Å²) in [6, 6.07) is 8.41. The van der Waals surface area contributed by atoms with Crippen LogP contribution >= 0.6 is 0 Å². The Bertz CT molecular complexity index is 531. The Morgan fingerprint density at radius 3 is 2.56 bits per heavy atom. The van der Waals surface area contributed by atoms with Crippen LogP contribution in [0.3, 0.4) is 0 Å². The third kappa shape index (κ3) is 2.49. The van der Waals surface area contributed by atoms with Gasteiger partial charge in [0.15, 0.2) is 0 Å². The van der Waals surface area contributed by atoms with Crippen LogP contribution in [-0.4, -0.2) is 19.6 Å². The van der Waals surface area contributed by atoms with E-state index < -0.39 is 15.9 Å². The van der Waals surface area contributed by atoms with Crippen molar-refractivity contribution in [1.82, 2.24) is 0 Å². The van der Waals surface area contributed by atoms with Gasteiger partial charge in [-0.15, -0.1) is 0 Å². The Morgan fingerprint density at radius 1 is 1.22 bits per heavy atom. The predicted octanol–water partition coefficient (Wildman–Crippen LogP) is 2.53. The van der Waals surface area contributed by atoms with Gasteiger partial charge in [-0.1, -0.05) is 31.2 Å². The molecule has 18 heavy (non-hydrogen) atoms. The Morgan fingerprint density at radius 2 is 1.89 bits per heavy atom. The summed E-state index contributed by atoms with van der Waals surface area (Å²) in [4.78, 5) is 0.663. The summed E-state index contributed by atoms with van der Waals surface area (Å²) in [7, 11) is -3.47. The lowest BCUT2D eigenvalue weighted by Crippen LogP contribution is -2.22. The molecule has 0 spiro atoms. The molecule has 0 radical (unpaired) electrons. The van der Waals surface area contributed by atoms with Crippen molar-refractivity contribution in [2.24, 2.45) is 5.92 Å². The Hall–Kier alpha value is -1.13. The highest BCUT2D eigenvalue weighted by Gasteiger charge is 2.30. The van der Waals surface area contributed by atoms with Crippen molar-refractivity contribution in [2.45, 2.75) is 37.2 Å². The molecule has 0 aliphatic heterocycles. The standard InChI is InChI=1S/C14H18O3S/c1-11-13(15)9-5-6-10-14(11)18(16,17)12-7-3-2-4-8-12/h2-4,7-8,10-11,13,15H,5-6,9H2,1H3/t11-,13+/m1/s1. The van der Waals surface area contributed by atoms with Gasteiger partial charge in [0, 0.05) is 5.92 Å². The summed E-state index contributed by atoms with van der Waals surface area (Å²) in [6.07, 6.45) is 3.40. The van der Waals surface area contributed by atoms with Crippen LogP contribution in [-0.2, 0) is 9.84 Å². The van der Waals surface area contributed by atoms with Crippen LogP contribution in [0.4, 0.5) is 0 Å². The first-order valence-corrected chi connectivity index (χ1v) is 7.70. The van der Waals surface area contributed by atoms with Crippen molar-refractivity contribution in [3.05, 3.63) is 41.3 Å². The van der Waals surface area contributed by atoms with Gasteiger partial charge in [-0.25, -0.2) is 8.42 Å². The van der Waals surface area contributed by atoms with E-state index >= 15 is 0 Å². The Labute approximate surface area is 108 Å². The summed E-state index contributed by atoms with van der Waals surface area (Å²) in [5.74, 6) is -0.335. The van der Waals surface area contributed by atoms with Gasteiger partial charge < -0.3 is 5.11 Å². The maximum Gasteiger partial charge on any atom is 0.202 e. The van der Waals surface area contributed by atoms with Crippen molar-refractivity contribution in [2.75, 3.05) is 0 Å². The highest BCUT2D eigenvalue weighted by molar-refractivity contribution is 7.95. The van der Waals surface area contributed by atoms with Crippen LogP contribution in [0.5, 0.6) is 0 Å². The molecule has 2 atom stereocenters. The summed E-state index contributed by atoms with van der Waals surface area (Å²) in [5, 5.41) is 9.93. The molecule has 3 nitrogen and oxygen atoms in total. The quantitative estimate of drug-likeness (QED) is 0.895. The minimum Gasteiger partial charge on any atom is -0.392 e. The number of aliphatic hydroxyl groups is 1. The number of sulfone groups is 1. The summed E-state index contributed by atoms with van der Waals surface area (Å²) < 4.78 is 25.0. The largest absolute Gasteiger partial charge is 0.392 e. The van der Waals surface area contributed by atoms with Crippen LogP contribution in [0.15, 0.2) is 46.2 Å². The predicted molar refractivity (Wildman–Crippen MR) is 70.7 cm³/mol. The van der Waals surface area contributed by atoms with Gasteiger partial charge >= 0.3 is 0 Å². The van der Waals surface area contributed by atoms with E-state index in [2.05, 4.69) is 0 Å². The number of hydrogen-bond acceptors (Lipinski definition) is 3. The summed E-state index contributed by atoms with van der Waals surface area (Å²) in [6.45, 7) is 1.78. The molecule has 0 amide bonds. The minimum absolute atomic E-state index is 0.303. The van der Waals surface area contributed by atoms with Crippen LogP contribution < -0.4 is 0 Å². The zero-order valence-corrected chi connectivity index (χ0v) is 11.2. The highest BCUT2D eigenvalue weighted by atomic mass is 32.2. The molecule has 0 heterocycles. The van der Waals surface area contributed by atoms with Crippen molar-refractivity contribution < 1.29 is 13.5 Å². The van der Waals surface area contributed by atoms with E-state index in [0.717, 1.165) is 6.42 Å². The number of benzene rings is 1. The molecule has 1 aromatic carbocycles. The molecule has 0 unspecified atom stereocenters. The molecule has 0 saturated heterocycles. The van der Waals surface area contributed by atoms with Crippen LogP contribution in [0, 0.1) is 5.92 Å². The number of allylic oxidation sites excluding steroid dienone is 1. The second-order valence-corrected chi connectivity index (χ2v) is 6.66. The van der Waals surface area contributed by atoms with E-state index in [1.165, 1.54) is 0 Å². The minimum atomic E-state index is -3.47. The number of hydrogen-bond donors (Lipinski definition) is 1. The highest BCUT2D eigenvalue weighted by Crippen LogP contribution is 2.31. The fraction of sp³-hybridized carbons (Fsp3) is 0.429. The van der Waals surface area contributed by atoms with Gasteiger partial charge in [0.2, 0.25) is 9.84 Å². The second-order valence-electron chi connectivity index (χ2n) is 4.71. The fourth-order valence-electron chi connectivity index (χ4n) is 2.29. The molecule has 4 heteroatoms. The van der Waals surface area contributed by atoms with Crippen LogP contribution in [0.2, 0.25) is 0 Å². The molecule has 0 fully saturated rings. The summed E-state index contributed by atoms with van der Waals surface area (Å²) >= 11 is 0. The molecule has 0 bridgehead atoms. The lowest BCUT2D eigenvalue weighted by atomic mass is 10.0. The van der Waals surface area contributed by atoms with Gasteiger partial charge in [-0.05, 0) is 31.4 Å². The van der Waals surface area contributed by atoms with Gasteiger partial charge in [0.25, 0.3) is 0 Å². The first-order chi connectivity index (χ1) is 8.53. The first-order valence-electron chi connectivity index (χ1n) is 6.21. The molecule has 2 rings (SSSR count). The van der Waals surface area contributed by atoms with Crippen molar-refractivity contribution in [1.29, 1.82) is 0 Å². The lowest BCUT2D eigenvalue weighted by molar-refractivity contribution is 0.127. The van der Waals surface area contributed by atoms with Gasteiger partial charge in [-0.2, -0.15) is 0 Å². The maximum absolute atomic E-state index is 12.5. The first kappa shape index (κ1) is 13.3. The normalized spacial score (nSPS) is 25.3. The van der Waals surface area contributed by atoms with E-state index in [1.807, 2.05) is 0 Å². The topological polar surface area (TPSA) is 54.4 Å². The molecule has 0 saturated carbocycles. The maximum atomic E-state index is 12.5. The number of aliphatic hydroxyl groups excluding tert-OH is 1. The molecule has 1 aliphatic carbocycles. The van der Waals surface area contributed by atoms with Crippen molar-refractivity contribution in [3.63, 3.8) is 0 Å². The van der Waals surface area contributed by atoms with Crippen molar-refractivity contribution in [3.8, 4) is 0 Å². The number of rotatable bonds is 2. The van der Waals surface area contributed by atoms with Crippen molar-refractivity contribution >= 4 is 9.84 Å². The van der Waals surface area contributed by atoms with Gasteiger partial charge in [-0.3, -0.25) is 0 Å². The third-order valence-electron chi connectivity index (χ3n) is 3.44.